The highest BCUT2D eigenvalue weighted by Gasteiger charge is 2.13. The van der Waals surface area contributed by atoms with Gasteiger partial charge in [-0.25, -0.2) is 0 Å². The highest BCUT2D eigenvalue weighted by atomic mass is 35.5. The number of hydrogen-bond donors (Lipinski definition) is 1. The summed E-state index contributed by atoms with van der Waals surface area (Å²) in [6.07, 6.45) is 0.796. The zero-order valence-electron chi connectivity index (χ0n) is 11.2. The molecule has 1 aromatic rings. The molecule has 0 saturated heterocycles. The number of rotatable bonds is 7. The summed E-state index contributed by atoms with van der Waals surface area (Å²) in [6.45, 7) is 5.66. The number of nitrogens with two attached hydrogens (primary N) is 1. The van der Waals surface area contributed by atoms with Crippen LogP contribution in [0.5, 0.6) is 17.2 Å². The van der Waals surface area contributed by atoms with E-state index in [2.05, 4.69) is 0 Å². The Balaban J connectivity index is 0.00000289. The first-order valence-corrected chi connectivity index (χ1v) is 5.93. The molecule has 18 heavy (non-hydrogen) atoms. The van der Waals surface area contributed by atoms with Crippen molar-refractivity contribution in [1.29, 1.82) is 0 Å². The maximum atomic E-state index is 5.57. The minimum atomic E-state index is 0. The van der Waals surface area contributed by atoms with Crippen LogP contribution < -0.4 is 19.9 Å². The smallest absolute Gasteiger partial charge is 0.203 e. The van der Waals surface area contributed by atoms with Gasteiger partial charge in [0.25, 0.3) is 0 Å². The van der Waals surface area contributed by atoms with E-state index in [9.17, 15) is 0 Å². The van der Waals surface area contributed by atoms with E-state index >= 15 is 0 Å². The molecule has 0 unspecified atom stereocenters. The molecule has 2 N–H and O–H groups in total. The van der Waals surface area contributed by atoms with Crippen LogP contribution in [-0.2, 0) is 6.42 Å². The van der Waals surface area contributed by atoms with Crippen molar-refractivity contribution in [2.45, 2.75) is 20.3 Å². The highest BCUT2D eigenvalue weighted by Crippen LogP contribution is 2.38. The van der Waals surface area contributed by atoms with E-state index in [0.29, 0.717) is 37.0 Å². The third-order valence-corrected chi connectivity index (χ3v) is 2.32. The summed E-state index contributed by atoms with van der Waals surface area (Å²) in [4.78, 5) is 0. The lowest BCUT2D eigenvalue weighted by Gasteiger charge is -2.15. The van der Waals surface area contributed by atoms with Gasteiger partial charge in [-0.2, -0.15) is 0 Å². The van der Waals surface area contributed by atoms with Crippen LogP contribution in [-0.4, -0.2) is 26.9 Å². The molecule has 0 atom stereocenters. The second-order valence-electron chi connectivity index (χ2n) is 3.53. The molecule has 0 radical (unpaired) electrons. The summed E-state index contributed by atoms with van der Waals surface area (Å²) in [5, 5.41) is 0. The van der Waals surface area contributed by atoms with Crippen LogP contribution in [0.2, 0.25) is 0 Å². The standard InChI is InChI=1S/C13H21NO3.ClH/c1-4-16-11-8-10(6-7-14)9-12(17-5-2)13(11)15-3;/h8-9H,4-7,14H2,1-3H3;1H. The molecule has 0 spiro atoms. The van der Waals surface area contributed by atoms with Gasteiger partial charge in [-0.3, -0.25) is 0 Å². The molecule has 0 aromatic heterocycles. The fourth-order valence-corrected chi connectivity index (χ4v) is 1.67. The van der Waals surface area contributed by atoms with Crippen molar-refractivity contribution in [3.63, 3.8) is 0 Å². The van der Waals surface area contributed by atoms with E-state index in [4.69, 9.17) is 19.9 Å². The topological polar surface area (TPSA) is 53.7 Å². The molecular formula is C13H22ClNO3. The van der Waals surface area contributed by atoms with Crippen LogP contribution in [0.4, 0.5) is 0 Å². The van der Waals surface area contributed by atoms with E-state index in [1.807, 2.05) is 26.0 Å². The molecule has 0 fully saturated rings. The first kappa shape index (κ1) is 16.9. The van der Waals surface area contributed by atoms with Gasteiger partial charge in [0.1, 0.15) is 0 Å². The molecule has 0 saturated carbocycles. The van der Waals surface area contributed by atoms with Crippen LogP contribution in [0.15, 0.2) is 12.1 Å². The van der Waals surface area contributed by atoms with Crippen molar-refractivity contribution >= 4 is 12.4 Å². The Hall–Kier alpha value is -1.13. The maximum absolute atomic E-state index is 5.57. The van der Waals surface area contributed by atoms with Crippen LogP contribution in [0, 0.1) is 0 Å². The van der Waals surface area contributed by atoms with Gasteiger partial charge >= 0.3 is 0 Å². The van der Waals surface area contributed by atoms with Crippen molar-refractivity contribution in [2.75, 3.05) is 26.9 Å². The summed E-state index contributed by atoms with van der Waals surface area (Å²) in [6, 6.07) is 3.91. The number of benzene rings is 1. The van der Waals surface area contributed by atoms with Crippen LogP contribution >= 0.6 is 12.4 Å². The second kappa shape index (κ2) is 8.89. The quantitative estimate of drug-likeness (QED) is 0.830. The fraction of sp³-hybridized carbons (Fsp3) is 0.538. The van der Waals surface area contributed by atoms with Gasteiger partial charge in [-0.05, 0) is 44.5 Å². The Morgan fingerprint density at radius 2 is 1.56 bits per heavy atom. The molecule has 104 valence electrons. The largest absolute Gasteiger partial charge is 0.490 e. The van der Waals surface area contributed by atoms with E-state index in [1.165, 1.54) is 0 Å². The molecule has 0 aliphatic heterocycles. The van der Waals surface area contributed by atoms with Crippen molar-refractivity contribution in [2.24, 2.45) is 5.73 Å². The van der Waals surface area contributed by atoms with Gasteiger partial charge in [0.2, 0.25) is 5.75 Å². The number of methoxy groups -OCH3 is 1. The Bertz CT molecular complexity index is 331. The van der Waals surface area contributed by atoms with Crippen LogP contribution in [0.1, 0.15) is 19.4 Å². The molecule has 4 nitrogen and oxygen atoms in total. The third-order valence-electron chi connectivity index (χ3n) is 2.32. The lowest BCUT2D eigenvalue weighted by atomic mass is 10.1. The van der Waals surface area contributed by atoms with Gasteiger partial charge < -0.3 is 19.9 Å². The Labute approximate surface area is 115 Å². The predicted molar refractivity (Wildman–Crippen MR) is 75.3 cm³/mol. The molecule has 0 heterocycles. The fourth-order valence-electron chi connectivity index (χ4n) is 1.67. The summed E-state index contributed by atoms with van der Waals surface area (Å²) < 4.78 is 16.4. The first-order valence-electron chi connectivity index (χ1n) is 5.93. The number of halogens is 1. The Morgan fingerprint density at radius 1 is 1.06 bits per heavy atom. The monoisotopic (exact) mass is 275 g/mol. The molecule has 1 aromatic carbocycles. The van der Waals surface area contributed by atoms with Crippen molar-refractivity contribution in [3.05, 3.63) is 17.7 Å². The molecule has 1 rings (SSSR count). The lowest BCUT2D eigenvalue weighted by molar-refractivity contribution is 0.281. The van der Waals surface area contributed by atoms with Crippen LogP contribution in [0.25, 0.3) is 0 Å². The van der Waals surface area contributed by atoms with E-state index in [1.54, 1.807) is 7.11 Å². The summed E-state index contributed by atoms with van der Waals surface area (Å²) in [5.74, 6) is 2.07. The average molecular weight is 276 g/mol. The van der Waals surface area contributed by atoms with Gasteiger partial charge in [-0.1, -0.05) is 0 Å². The van der Waals surface area contributed by atoms with Crippen molar-refractivity contribution < 1.29 is 14.2 Å². The maximum Gasteiger partial charge on any atom is 0.203 e. The zero-order valence-corrected chi connectivity index (χ0v) is 12.0. The Kier molecular flexibility index (Phi) is 8.33. The van der Waals surface area contributed by atoms with E-state index in [0.717, 1.165) is 12.0 Å². The van der Waals surface area contributed by atoms with Crippen LogP contribution in [0.3, 0.4) is 0 Å². The average Bonchev–Trinajstić information content (AvgIpc) is 2.30. The van der Waals surface area contributed by atoms with Crippen molar-refractivity contribution in [1.82, 2.24) is 0 Å². The van der Waals surface area contributed by atoms with E-state index < -0.39 is 0 Å². The normalized spacial score (nSPS) is 9.56. The van der Waals surface area contributed by atoms with Gasteiger partial charge in [-0.15, -0.1) is 12.4 Å². The third kappa shape index (κ3) is 4.27. The minimum Gasteiger partial charge on any atom is -0.490 e. The molecule has 0 amide bonds. The molecule has 0 bridgehead atoms. The minimum absolute atomic E-state index is 0. The summed E-state index contributed by atoms with van der Waals surface area (Å²) in [5.41, 5.74) is 6.66. The summed E-state index contributed by atoms with van der Waals surface area (Å²) in [7, 11) is 1.61. The molecule has 5 heteroatoms. The SMILES string of the molecule is CCOc1cc(CCN)cc(OCC)c1OC.Cl. The highest BCUT2D eigenvalue weighted by molar-refractivity contribution is 5.85. The lowest BCUT2D eigenvalue weighted by Crippen LogP contribution is -2.05. The predicted octanol–water partition coefficient (Wildman–Crippen LogP) is 2.42. The molecular weight excluding hydrogens is 254 g/mol. The van der Waals surface area contributed by atoms with Gasteiger partial charge in [0, 0.05) is 0 Å². The first-order chi connectivity index (χ1) is 8.26. The summed E-state index contributed by atoms with van der Waals surface area (Å²) >= 11 is 0. The van der Waals surface area contributed by atoms with Crippen molar-refractivity contribution in [3.8, 4) is 17.2 Å². The van der Waals surface area contributed by atoms with E-state index in [-0.39, 0.29) is 12.4 Å². The number of ether oxygens (including phenoxy) is 3. The molecule has 0 aliphatic carbocycles. The second-order valence-corrected chi connectivity index (χ2v) is 3.53. The van der Waals surface area contributed by atoms with Gasteiger partial charge in [0.05, 0.1) is 20.3 Å². The number of hydrogen-bond acceptors (Lipinski definition) is 4. The van der Waals surface area contributed by atoms with Gasteiger partial charge in [0.15, 0.2) is 11.5 Å². The molecule has 0 aliphatic rings. The Morgan fingerprint density at radius 3 is 1.89 bits per heavy atom. The zero-order chi connectivity index (χ0) is 12.7.